The summed E-state index contributed by atoms with van der Waals surface area (Å²) in [5.41, 5.74) is -1.62. The first-order valence-electron chi connectivity index (χ1n) is 5.28. The number of amides is 1. The molecule has 0 aliphatic carbocycles. The van der Waals surface area contributed by atoms with Crippen molar-refractivity contribution in [3.05, 3.63) is 32.6 Å². The molecule has 98 valence electrons. The zero-order valence-corrected chi connectivity index (χ0v) is 9.73. The summed E-state index contributed by atoms with van der Waals surface area (Å²) in [5.74, 6) is -1.61. The van der Waals surface area contributed by atoms with E-state index in [-0.39, 0.29) is 25.2 Å². The Morgan fingerprint density at radius 1 is 1.33 bits per heavy atom. The number of aromatic amines is 2. The molecule has 1 rings (SSSR count). The molecule has 8 heteroatoms. The molecule has 0 atom stereocenters. The maximum absolute atomic E-state index is 11.9. The first-order chi connectivity index (χ1) is 8.43. The predicted molar refractivity (Wildman–Crippen MR) is 61.5 cm³/mol. The molecule has 3 N–H and O–H groups in total. The van der Waals surface area contributed by atoms with Gasteiger partial charge in [0.05, 0.1) is 6.42 Å². The summed E-state index contributed by atoms with van der Waals surface area (Å²) in [6.45, 7) is 1.96. The van der Waals surface area contributed by atoms with E-state index in [1.807, 2.05) is 4.98 Å². The van der Waals surface area contributed by atoms with Gasteiger partial charge in [0.2, 0.25) is 0 Å². The van der Waals surface area contributed by atoms with Gasteiger partial charge in [-0.15, -0.1) is 0 Å². The minimum absolute atomic E-state index is 0.0134. The molecule has 18 heavy (non-hydrogen) atoms. The molecule has 8 nitrogen and oxygen atoms in total. The van der Waals surface area contributed by atoms with Gasteiger partial charge in [0.1, 0.15) is 5.69 Å². The normalized spacial score (nSPS) is 10.1. The van der Waals surface area contributed by atoms with Gasteiger partial charge in [-0.2, -0.15) is 0 Å². The van der Waals surface area contributed by atoms with Gasteiger partial charge in [-0.3, -0.25) is 19.4 Å². The first kappa shape index (κ1) is 13.7. The van der Waals surface area contributed by atoms with Gasteiger partial charge in [0, 0.05) is 19.2 Å². The monoisotopic (exact) mass is 255 g/mol. The van der Waals surface area contributed by atoms with Gasteiger partial charge in [-0.1, -0.05) is 0 Å². The number of carboxylic acids is 1. The van der Waals surface area contributed by atoms with Gasteiger partial charge in [-0.25, -0.2) is 4.79 Å². The minimum Gasteiger partial charge on any atom is -0.481 e. The Morgan fingerprint density at radius 3 is 2.50 bits per heavy atom. The third-order valence-corrected chi connectivity index (χ3v) is 2.26. The van der Waals surface area contributed by atoms with Crippen molar-refractivity contribution < 1.29 is 14.7 Å². The van der Waals surface area contributed by atoms with E-state index >= 15 is 0 Å². The number of hydrogen-bond acceptors (Lipinski definition) is 4. The smallest absolute Gasteiger partial charge is 0.326 e. The number of nitrogens with one attached hydrogen (secondary N) is 2. The van der Waals surface area contributed by atoms with Gasteiger partial charge in [0.15, 0.2) is 0 Å². The minimum atomic E-state index is -1.03. The van der Waals surface area contributed by atoms with E-state index in [1.165, 1.54) is 4.90 Å². The quantitative estimate of drug-likeness (QED) is 0.622. The Kier molecular flexibility index (Phi) is 4.41. The number of aromatic nitrogens is 2. The number of carboxylic acid groups (broad SMARTS) is 1. The van der Waals surface area contributed by atoms with Crippen LogP contribution in [0.3, 0.4) is 0 Å². The second-order valence-electron chi connectivity index (χ2n) is 3.53. The highest BCUT2D eigenvalue weighted by Gasteiger charge is 2.16. The van der Waals surface area contributed by atoms with Crippen LogP contribution in [0, 0.1) is 0 Å². The van der Waals surface area contributed by atoms with Crippen molar-refractivity contribution in [2.24, 2.45) is 0 Å². The average molecular weight is 255 g/mol. The highest BCUT2D eigenvalue weighted by atomic mass is 16.4. The summed E-state index contributed by atoms with van der Waals surface area (Å²) in [5, 5.41) is 8.55. The van der Waals surface area contributed by atoms with Crippen LogP contribution in [0.15, 0.2) is 15.7 Å². The van der Waals surface area contributed by atoms with Crippen molar-refractivity contribution in [1.82, 2.24) is 14.9 Å². The summed E-state index contributed by atoms with van der Waals surface area (Å²) in [6.07, 6.45) is -0.201. The zero-order valence-electron chi connectivity index (χ0n) is 9.73. The van der Waals surface area contributed by atoms with Gasteiger partial charge < -0.3 is 15.0 Å². The number of H-pyrrole nitrogens is 2. The van der Waals surface area contributed by atoms with Crippen molar-refractivity contribution in [2.45, 2.75) is 13.3 Å². The molecular formula is C10H13N3O5. The Balaban J connectivity index is 2.92. The van der Waals surface area contributed by atoms with Crippen LogP contribution < -0.4 is 11.2 Å². The molecule has 1 aromatic rings. The maximum Gasteiger partial charge on any atom is 0.326 e. The molecule has 1 heterocycles. The van der Waals surface area contributed by atoms with E-state index in [4.69, 9.17) is 5.11 Å². The lowest BCUT2D eigenvalue weighted by atomic mass is 10.3. The fraction of sp³-hybridized carbons (Fsp3) is 0.400. The molecule has 0 fully saturated rings. The number of aliphatic carboxylic acids is 1. The van der Waals surface area contributed by atoms with E-state index < -0.39 is 23.1 Å². The second-order valence-corrected chi connectivity index (χ2v) is 3.53. The molecule has 0 aliphatic heterocycles. The molecule has 0 unspecified atom stereocenters. The number of carbonyl (C=O) groups excluding carboxylic acids is 1. The summed E-state index contributed by atoms with van der Waals surface area (Å²) < 4.78 is 0. The van der Waals surface area contributed by atoms with Gasteiger partial charge in [-0.05, 0) is 6.92 Å². The van der Waals surface area contributed by atoms with Crippen molar-refractivity contribution in [1.29, 1.82) is 0 Å². The lowest BCUT2D eigenvalue weighted by Crippen LogP contribution is -2.36. The molecule has 0 spiro atoms. The van der Waals surface area contributed by atoms with Crippen molar-refractivity contribution in [3.63, 3.8) is 0 Å². The standard InChI is InChI=1S/C10H13N3O5/c1-2-13(4-3-8(15)16)9(17)6-5-7(14)12-10(18)11-6/h5H,2-4H2,1H3,(H,15,16)(H2,11,12,14,18). The van der Waals surface area contributed by atoms with E-state index in [0.29, 0.717) is 0 Å². The summed E-state index contributed by atoms with van der Waals surface area (Å²) in [6, 6.07) is 0.965. The molecule has 0 saturated heterocycles. The first-order valence-corrected chi connectivity index (χ1v) is 5.28. The maximum atomic E-state index is 11.9. The van der Waals surface area contributed by atoms with E-state index in [1.54, 1.807) is 6.92 Å². The van der Waals surface area contributed by atoms with Crippen LogP contribution in [0.2, 0.25) is 0 Å². The van der Waals surface area contributed by atoms with Crippen LogP contribution in [0.4, 0.5) is 0 Å². The van der Waals surface area contributed by atoms with Crippen LogP contribution in [-0.4, -0.2) is 44.9 Å². The van der Waals surface area contributed by atoms with Crippen LogP contribution in [0.25, 0.3) is 0 Å². The Morgan fingerprint density at radius 2 is 2.00 bits per heavy atom. The largest absolute Gasteiger partial charge is 0.481 e. The molecule has 0 aliphatic rings. The van der Waals surface area contributed by atoms with Gasteiger partial charge in [0.25, 0.3) is 11.5 Å². The van der Waals surface area contributed by atoms with Crippen LogP contribution in [0.1, 0.15) is 23.8 Å². The van der Waals surface area contributed by atoms with E-state index in [0.717, 1.165) is 6.07 Å². The Labute approximate surface area is 101 Å². The topological polar surface area (TPSA) is 123 Å². The molecule has 1 aromatic heterocycles. The molecule has 1 amide bonds. The fourth-order valence-corrected chi connectivity index (χ4v) is 1.39. The lowest BCUT2D eigenvalue weighted by Gasteiger charge is -2.19. The van der Waals surface area contributed by atoms with Crippen LogP contribution in [-0.2, 0) is 4.79 Å². The SMILES string of the molecule is CCN(CCC(=O)O)C(=O)c1cc(=O)[nH]c(=O)[nH]1. The highest BCUT2D eigenvalue weighted by Crippen LogP contribution is 1.99. The van der Waals surface area contributed by atoms with Crippen molar-refractivity contribution in [2.75, 3.05) is 13.1 Å². The third kappa shape index (κ3) is 3.58. The summed E-state index contributed by atoms with van der Waals surface area (Å²) in [7, 11) is 0. The molecule has 0 radical (unpaired) electrons. The van der Waals surface area contributed by atoms with Crippen LogP contribution in [0.5, 0.6) is 0 Å². The van der Waals surface area contributed by atoms with E-state index in [2.05, 4.69) is 4.98 Å². The zero-order chi connectivity index (χ0) is 13.7. The van der Waals surface area contributed by atoms with Crippen LogP contribution >= 0.6 is 0 Å². The van der Waals surface area contributed by atoms with Gasteiger partial charge >= 0.3 is 11.7 Å². The number of carbonyl (C=O) groups is 2. The number of nitrogens with zero attached hydrogens (tertiary/aromatic N) is 1. The highest BCUT2D eigenvalue weighted by molar-refractivity contribution is 5.92. The van der Waals surface area contributed by atoms with Crippen molar-refractivity contribution in [3.8, 4) is 0 Å². The molecule has 0 bridgehead atoms. The number of rotatable bonds is 5. The second kappa shape index (κ2) is 5.80. The number of hydrogen-bond donors (Lipinski definition) is 3. The lowest BCUT2D eigenvalue weighted by molar-refractivity contribution is -0.137. The molecule has 0 saturated carbocycles. The van der Waals surface area contributed by atoms with Crippen molar-refractivity contribution >= 4 is 11.9 Å². The Hall–Kier alpha value is -2.38. The Bertz CT molecular complexity index is 531. The fourth-order valence-electron chi connectivity index (χ4n) is 1.39. The summed E-state index contributed by atoms with van der Waals surface area (Å²) in [4.78, 5) is 49.8. The molecule has 0 aromatic carbocycles. The molecular weight excluding hydrogens is 242 g/mol. The average Bonchev–Trinajstić information content (AvgIpc) is 2.27. The summed E-state index contributed by atoms with van der Waals surface area (Å²) >= 11 is 0. The predicted octanol–water partition coefficient (Wildman–Crippen LogP) is -1.000. The van der Waals surface area contributed by atoms with E-state index in [9.17, 15) is 19.2 Å². The third-order valence-electron chi connectivity index (χ3n) is 2.26.